The molecular weight excluding hydrogens is 262 g/mol. The second kappa shape index (κ2) is 7.60. The predicted molar refractivity (Wildman–Crippen MR) is 85.1 cm³/mol. The van der Waals surface area contributed by atoms with Crippen molar-refractivity contribution in [2.24, 2.45) is 0 Å². The Hall–Kier alpha value is -1.35. The Morgan fingerprint density at radius 3 is 2.71 bits per heavy atom. The molecular formula is C18H27NO2. The van der Waals surface area contributed by atoms with Gasteiger partial charge < -0.3 is 10.0 Å². The smallest absolute Gasteiger partial charge is 0.222 e. The van der Waals surface area contributed by atoms with Crippen molar-refractivity contribution in [2.45, 2.75) is 64.0 Å². The van der Waals surface area contributed by atoms with Gasteiger partial charge in [0.05, 0.1) is 6.10 Å². The number of carbonyl (C=O) groups excluding carboxylic acids is 1. The van der Waals surface area contributed by atoms with E-state index in [1.165, 1.54) is 5.56 Å². The number of rotatable bonds is 6. The fourth-order valence-electron chi connectivity index (χ4n) is 3.23. The van der Waals surface area contributed by atoms with Gasteiger partial charge >= 0.3 is 0 Å². The van der Waals surface area contributed by atoms with Gasteiger partial charge in [0.15, 0.2) is 0 Å². The van der Waals surface area contributed by atoms with Crippen LogP contribution in [0.1, 0.15) is 57.4 Å². The van der Waals surface area contributed by atoms with Crippen LogP contribution in [-0.2, 0) is 4.79 Å². The van der Waals surface area contributed by atoms with Gasteiger partial charge in [0.1, 0.15) is 0 Å². The van der Waals surface area contributed by atoms with Gasteiger partial charge in [-0.15, -0.1) is 0 Å². The third-order valence-electron chi connectivity index (χ3n) is 4.47. The molecule has 1 saturated heterocycles. The molecule has 0 spiro atoms. The molecule has 1 aromatic rings. The molecule has 1 aliphatic rings. The van der Waals surface area contributed by atoms with Crippen LogP contribution in [0.25, 0.3) is 0 Å². The van der Waals surface area contributed by atoms with E-state index in [1.807, 2.05) is 23.1 Å². The first kappa shape index (κ1) is 16.0. The van der Waals surface area contributed by atoms with E-state index in [4.69, 9.17) is 0 Å². The lowest BCUT2D eigenvalue weighted by Gasteiger charge is -2.26. The monoisotopic (exact) mass is 289 g/mol. The molecule has 0 radical (unpaired) electrons. The highest BCUT2D eigenvalue weighted by molar-refractivity contribution is 5.76. The Morgan fingerprint density at radius 1 is 1.33 bits per heavy atom. The number of aliphatic hydroxyl groups excluding tert-OH is 1. The number of carbonyl (C=O) groups is 1. The van der Waals surface area contributed by atoms with E-state index < -0.39 is 0 Å². The van der Waals surface area contributed by atoms with Crippen LogP contribution in [0.2, 0.25) is 0 Å². The number of hydrogen-bond donors (Lipinski definition) is 1. The molecule has 2 rings (SSSR count). The van der Waals surface area contributed by atoms with E-state index >= 15 is 0 Å². The Labute approximate surface area is 128 Å². The number of hydrogen-bond acceptors (Lipinski definition) is 2. The molecule has 1 aromatic carbocycles. The highest BCUT2D eigenvalue weighted by atomic mass is 16.3. The summed E-state index contributed by atoms with van der Waals surface area (Å²) in [4.78, 5) is 14.4. The Balaban J connectivity index is 1.84. The summed E-state index contributed by atoms with van der Waals surface area (Å²) in [6, 6.07) is 10.6. The summed E-state index contributed by atoms with van der Waals surface area (Å²) in [6.07, 6.45) is 3.97. The van der Waals surface area contributed by atoms with Gasteiger partial charge in [-0.3, -0.25) is 4.79 Å². The van der Waals surface area contributed by atoms with E-state index in [-0.39, 0.29) is 18.1 Å². The Kier molecular flexibility index (Phi) is 5.80. The van der Waals surface area contributed by atoms with Crippen molar-refractivity contribution in [3.63, 3.8) is 0 Å². The number of benzene rings is 1. The molecule has 0 aromatic heterocycles. The highest BCUT2D eigenvalue weighted by Crippen LogP contribution is 2.25. The molecule has 3 atom stereocenters. The first-order chi connectivity index (χ1) is 10.1. The summed E-state index contributed by atoms with van der Waals surface area (Å²) < 4.78 is 0. The SMILES string of the molecule is CC(O)CC1CCCN1C(=O)CCC(C)c1ccccc1. The van der Waals surface area contributed by atoms with Gasteiger partial charge in [-0.2, -0.15) is 0 Å². The van der Waals surface area contributed by atoms with E-state index in [0.29, 0.717) is 18.8 Å². The van der Waals surface area contributed by atoms with Gasteiger partial charge in [0.2, 0.25) is 5.91 Å². The highest BCUT2D eigenvalue weighted by Gasteiger charge is 2.29. The summed E-state index contributed by atoms with van der Waals surface area (Å²) in [5, 5.41) is 9.54. The summed E-state index contributed by atoms with van der Waals surface area (Å²) in [6.45, 7) is 4.84. The largest absolute Gasteiger partial charge is 0.393 e. The zero-order valence-corrected chi connectivity index (χ0v) is 13.2. The molecule has 3 heteroatoms. The fourth-order valence-corrected chi connectivity index (χ4v) is 3.23. The van der Waals surface area contributed by atoms with Crippen LogP contribution in [0.4, 0.5) is 0 Å². The lowest BCUT2D eigenvalue weighted by molar-refractivity contribution is -0.132. The molecule has 1 N–H and O–H groups in total. The first-order valence-corrected chi connectivity index (χ1v) is 8.10. The average Bonchev–Trinajstić information content (AvgIpc) is 2.92. The van der Waals surface area contributed by atoms with Crippen molar-refractivity contribution < 1.29 is 9.90 Å². The third-order valence-corrected chi connectivity index (χ3v) is 4.47. The van der Waals surface area contributed by atoms with Gasteiger partial charge in [-0.1, -0.05) is 37.3 Å². The van der Waals surface area contributed by atoms with Gasteiger partial charge in [0.25, 0.3) is 0 Å². The summed E-state index contributed by atoms with van der Waals surface area (Å²) in [5.74, 6) is 0.661. The third kappa shape index (κ3) is 4.57. The van der Waals surface area contributed by atoms with E-state index in [1.54, 1.807) is 6.92 Å². The van der Waals surface area contributed by atoms with Crippen LogP contribution in [0.3, 0.4) is 0 Å². The van der Waals surface area contributed by atoms with Crippen LogP contribution in [0.15, 0.2) is 30.3 Å². The van der Waals surface area contributed by atoms with Crippen LogP contribution < -0.4 is 0 Å². The topological polar surface area (TPSA) is 40.5 Å². The molecule has 1 heterocycles. The molecule has 0 bridgehead atoms. The summed E-state index contributed by atoms with van der Waals surface area (Å²) in [7, 11) is 0. The van der Waals surface area contributed by atoms with E-state index in [9.17, 15) is 9.90 Å². The van der Waals surface area contributed by atoms with Gasteiger partial charge in [-0.25, -0.2) is 0 Å². The Bertz CT molecular complexity index is 444. The van der Waals surface area contributed by atoms with Crippen LogP contribution in [0.5, 0.6) is 0 Å². The standard InChI is InChI=1S/C18H27NO2/c1-14(16-7-4-3-5-8-16)10-11-18(21)19-12-6-9-17(19)13-15(2)20/h3-5,7-8,14-15,17,20H,6,9-13H2,1-2H3. The number of amides is 1. The van der Waals surface area contributed by atoms with E-state index in [0.717, 1.165) is 25.8 Å². The van der Waals surface area contributed by atoms with Crippen molar-refractivity contribution >= 4 is 5.91 Å². The van der Waals surface area contributed by atoms with Crippen LogP contribution in [0, 0.1) is 0 Å². The molecule has 3 unspecified atom stereocenters. The molecule has 1 fully saturated rings. The lowest BCUT2D eigenvalue weighted by Crippen LogP contribution is -2.37. The van der Waals surface area contributed by atoms with Crippen LogP contribution >= 0.6 is 0 Å². The van der Waals surface area contributed by atoms with Crippen molar-refractivity contribution in [2.75, 3.05) is 6.54 Å². The fraction of sp³-hybridized carbons (Fsp3) is 0.611. The van der Waals surface area contributed by atoms with E-state index in [2.05, 4.69) is 19.1 Å². The normalized spacial score (nSPS) is 21.3. The lowest BCUT2D eigenvalue weighted by atomic mass is 9.96. The minimum Gasteiger partial charge on any atom is -0.393 e. The number of aliphatic hydroxyl groups is 1. The minimum absolute atomic E-state index is 0.240. The molecule has 21 heavy (non-hydrogen) atoms. The average molecular weight is 289 g/mol. The predicted octanol–water partition coefficient (Wildman–Crippen LogP) is 3.33. The molecule has 116 valence electrons. The maximum absolute atomic E-state index is 12.4. The van der Waals surface area contributed by atoms with Gasteiger partial charge in [-0.05, 0) is 44.1 Å². The zero-order valence-electron chi connectivity index (χ0n) is 13.2. The second-order valence-electron chi connectivity index (χ2n) is 6.32. The van der Waals surface area contributed by atoms with Crippen molar-refractivity contribution in [1.82, 2.24) is 4.90 Å². The van der Waals surface area contributed by atoms with Crippen molar-refractivity contribution in [3.05, 3.63) is 35.9 Å². The maximum atomic E-state index is 12.4. The van der Waals surface area contributed by atoms with Crippen molar-refractivity contribution in [1.29, 1.82) is 0 Å². The summed E-state index contributed by atoms with van der Waals surface area (Å²) in [5.41, 5.74) is 1.30. The summed E-state index contributed by atoms with van der Waals surface area (Å²) >= 11 is 0. The first-order valence-electron chi connectivity index (χ1n) is 8.10. The molecule has 1 aliphatic heterocycles. The second-order valence-corrected chi connectivity index (χ2v) is 6.32. The molecule has 0 saturated carbocycles. The Morgan fingerprint density at radius 2 is 2.05 bits per heavy atom. The number of nitrogens with zero attached hydrogens (tertiary/aromatic N) is 1. The van der Waals surface area contributed by atoms with Crippen molar-refractivity contribution in [3.8, 4) is 0 Å². The van der Waals surface area contributed by atoms with Gasteiger partial charge in [0, 0.05) is 19.0 Å². The minimum atomic E-state index is -0.327. The molecule has 1 amide bonds. The maximum Gasteiger partial charge on any atom is 0.222 e. The quantitative estimate of drug-likeness (QED) is 0.872. The van der Waals surface area contributed by atoms with Crippen LogP contribution in [-0.4, -0.2) is 34.6 Å². The zero-order chi connectivity index (χ0) is 15.2. The molecule has 0 aliphatic carbocycles. The molecule has 3 nitrogen and oxygen atoms in total. The number of likely N-dealkylation sites (tertiary alicyclic amines) is 1.